The highest BCUT2D eigenvalue weighted by atomic mass is 16.4. The van der Waals surface area contributed by atoms with Gasteiger partial charge in [0.25, 0.3) is 0 Å². The number of hydrogen-bond donors (Lipinski definition) is 4. The lowest BCUT2D eigenvalue weighted by Crippen LogP contribution is -2.40. The van der Waals surface area contributed by atoms with Crippen LogP contribution in [0.4, 0.5) is 4.79 Å². The van der Waals surface area contributed by atoms with Crippen LogP contribution in [0.1, 0.15) is 12.5 Å². The molecule has 5 N–H and O–H groups in total. The molecule has 0 saturated carbocycles. The van der Waals surface area contributed by atoms with Gasteiger partial charge in [-0.25, -0.2) is 4.79 Å². The summed E-state index contributed by atoms with van der Waals surface area (Å²) in [5, 5.41) is 16.7. The third-order valence-corrected chi connectivity index (χ3v) is 2.49. The Morgan fingerprint density at radius 2 is 2.06 bits per heavy atom. The van der Waals surface area contributed by atoms with Crippen LogP contribution in [0.15, 0.2) is 35.5 Å². The van der Waals surface area contributed by atoms with Gasteiger partial charge in [0.2, 0.25) is 0 Å². The van der Waals surface area contributed by atoms with Gasteiger partial charge >= 0.3 is 6.03 Å². The van der Waals surface area contributed by atoms with Crippen LogP contribution in [-0.4, -0.2) is 23.6 Å². The van der Waals surface area contributed by atoms with E-state index in [1.54, 1.807) is 6.92 Å². The summed E-state index contributed by atoms with van der Waals surface area (Å²) in [4.78, 5) is 11.5. The number of nitrogens with one attached hydrogen (secondary N) is 2. The number of carbonyl (C=O) groups excluding carboxylic acids is 1. The highest BCUT2D eigenvalue weighted by Gasteiger charge is 2.09. The van der Waals surface area contributed by atoms with E-state index >= 15 is 0 Å². The Morgan fingerprint density at radius 3 is 2.67 bits per heavy atom. The van der Waals surface area contributed by atoms with Gasteiger partial charge in [0.05, 0.1) is 0 Å². The zero-order chi connectivity index (χ0) is 13.4. The smallest absolute Gasteiger partial charge is 0.315 e. The van der Waals surface area contributed by atoms with Crippen molar-refractivity contribution in [3.63, 3.8) is 0 Å². The van der Waals surface area contributed by atoms with E-state index in [-0.39, 0.29) is 17.8 Å². The number of carbonyl (C=O) groups is 1. The van der Waals surface area contributed by atoms with E-state index in [0.717, 1.165) is 5.56 Å². The third kappa shape index (κ3) is 4.73. The fraction of sp³-hybridized carbons (Fsp3) is 0.333. The largest absolute Gasteiger partial charge is 0.409 e. The Hall–Kier alpha value is -2.24. The van der Waals surface area contributed by atoms with E-state index in [9.17, 15) is 4.79 Å². The van der Waals surface area contributed by atoms with Crippen molar-refractivity contribution in [2.75, 3.05) is 6.54 Å². The fourth-order valence-corrected chi connectivity index (χ4v) is 1.29. The zero-order valence-electron chi connectivity index (χ0n) is 10.3. The summed E-state index contributed by atoms with van der Waals surface area (Å²) in [5.41, 5.74) is 6.42. The maximum Gasteiger partial charge on any atom is 0.315 e. The van der Waals surface area contributed by atoms with Crippen molar-refractivity contribution in [1.29, 1.82) is 0 Å². The maximum atomic E-state index is 11.5. The molecule has 0 saturated heterocycles. The number of benzene rings is 1. The van der Waals surface area contributed by atoms with Crippen LogP contribution < -0.4 is 16.4 Å². The average molecular weight is 250 g/mol. The first-order chi connectivity index (χ1) is 8.63. The monoisotopic (exact) mass is 250 g/mol. The van der Waals surface area contributed by atoms with Gasteiger partial charge in [-0.1, -0.05) is 42.4 Å². The second kappa shape index (κ2) is 7.16. The summed E-state index contributed by atoms with van der Waals surface area (Å²) < 4.78 is 0. The molecule has 1 atom stereocenters. The number of amidine groups is 1. The highest BCUT2D eigenvalue weighted by Crippen LogP contribution is 1.97. The van der Waals surface area contributed by atoms with E-state index in [4.69, 9.17) is 10.9 Å². The van der Waals surface area contributed by atoms with Gasteiger partial charge in [-0.15, -0.1) is 0 Å². The predicted octanol–water partition coefficient (Wildman–Crippen LogP) is 0.868. The topological polar surface area (TPSA) is 99.7 Å². The number of amides is 2. The summed E-state index contributed by atoms with van der Waals surface area (Å²) in [7, 11) is 0. The van der Waals surface area contributed by atoms with Crippen LogP contribution in [0.5, 0.6) is 0 Å². The Labute approximate surface area is 106 Å². The predicted molar refractivity (Wildman–Crippen MR) is 69.3 cm³/mol. The van der Waals surface area contributed by atoms with Crippen molar-refractivity contribution in [2.24, 2.45) is 16.8 Å². The minimum Gasteiger partial charge on any atom is -0.409 e. The summed E-state index contributed by atoms with van der Waals surface area (Å²) in [6, 6.07) is 9.32. The molecule has 1 aromatic rings. The molecule has 6 heteroatoms. The Kier molecular flexibility index (Phi) is 5.50. The van der Waals surface area contributed by atoms with Crippen molar-refractivity contribution in [3.05, 3.63) is 35.9 Å². The first-order valence-electron chi connectivity index (χ1n) is 5.66. The maximum absolute atomic E-state index is 11.5. The minimum atomic E-state index is -0.281. The Balaban J connectivity index is 2.26. The number of rotatable bonds is 5. The van der Waals surface area contributed by atoms with Gasteiger partial charge in [0, 0.05) is 19.0 Å². The van der Waals surface area contributed by atoms with Crippen LogP contribution in [0.2, 0.25) is 0 Å². The zero-order valence-corrected chi connectivity index (χ0v) is 10.3. The van der Waals surface area contributed by atoms with E-state index in [0.29, 0.717) is 13.1 Å². The molecule has 0 fully saturated rings. The van der Waals surface area contributed by atoms with Crippen molar-refractivity contribution in [2.45, 2.75) is 13.5 Å². The molecule has 0 aliphatic heterocycles. The molecule has 0 aliphatic carbocycles. The van der Waals surface area contributed by atoms with Crippen LogP contribution in [0.3, 0.4) is 0 Å². The standard InChI is InChI=1S/C12H18N4O2/c1-9(11(13)16-18)7-14-12(17)15-8-10-5-3-2-4-6-10/h2-6,9,18H,7-8H2,1H3,(H2,13,16)(H2,14,15,17). The number of nitrogens with zero attached hydrogens (tertiary/aromatic N) is 1. The molecule has 0 bridgehead atoms. The molecule has 2 amide bonds. The summed E-state index contributed by atoms with van der Waals surface area (Å²) in [5.74, 6) is -0.115. The number of urea groups is 1. The van der Waals surface area contributed by atoms with E-state index in [2.05, 4.69) is 15.8 Å². The second-order valence-corrected chi connectivity index (χ2v) is 3.98. The molecule has 0 aliphatic rings. The molecule has 0 spiro atoms. The Bertz CT molecular complexity index is 406. The molecule has 0 heterocycles. The van der Waals surface area contributed by atoms with Crippen LogP contribution in [0.25, 0.3) is 0 Å². The fourth-order valence-electron chi connectivity index (χ4n) is 1.29. The third-order valence-electron chi connectivity index (χ3n) is 2.49. The molecule has 6 nitrogen and oxygen atoms in total. The average Bonchev–Trinajstić information content (AvgIpc) is 2.42. The van der Waals surface area contributed by atoms with Crippen LogP contribution >= 0.6 is 0 Å². The number of nitrogens with two attached hydrogens (primary N) is 1. The summed E-state index contributed by atoms with van der Waals surface area (Å²) >= 11 is 0. The van der Waals surface area contributed by atoms with Crippen molar-refractivity contribution in [1.82, 2.24) is 10.6 Å². The molecular weight excluding hydrogens is 232 g/mol. The Morgan fingerprint density at radius 1 is 1.39 bits per heavy atom. The van der Waals surface area contributed by atoms with Crippen LogP contribution in [-0.2, 0) is 6.54 Å². The molecule has 0 radical (unpaired) electrons. The lowest BCUT2D eigenvalue weighted by atomic mass is 10.1. The first kappa shape index (κ1) is 13.8. The quantitative estimate of drug-likeness (QED) is 0.270. The first-order valence-corrected chi connectivity index (χ1v) is 5.66. The molecule has 1 rings (SSSR count). The SMILES string of the molecule is CC(CNC(=O)NCc1ccccc1)/C(N)=N/O. The summed E-state index contributed by atoms with van der Waals surface area (Å²) in [6.45, 7) is 2.54. The van der Waals surface area contributed by atoms with Crippen molar-refractivity contribution >= 4 is 11.9 Å². The molecule has 18 heavy (non-hydrogen) atoms. The normalized spacial score (nSPS) is 12.8. The van der Waals surface area contributed by atoms with Gasteiger partial charge in [0.1, 0.15) is 5.84 Å². The van der Waals surface area contributed by atoms with Gasteiger partial charge in [-0.3, -0.25) is 0 Å². The van der Waals surface area contributed by atoms with Gasteiger partial charge < -0.3 is 21.6 Å². The molecule has 1 aromatic carbocycles. The minimum absolute atomic E-state index is 0.0957. The lowest BCUT2D eigenvalue weighted by molar-refractivity contribution is 0.239. The molecular formula is C12H18N4O2. The van der Waals surface area contributed by atoms with E-state index < -0.39 is 0 Å². The number of hydrogen-bond acceptors (Lipinski definition) is 3. The van der Waals surface area contributed by atoms with Gasteiger partial charge in [-0.05, 0) is 5.56 Å². The van der Waals surface area contributed by atoms with Gasteiger partial charge in [0.15, 0.2) is 0 Å². The lowest BCUT2D eigenvalue weighted by Gasteiger charge is -2.11. The molecule has 98 valence electrons. The van der Waals surface area contributed by atoms with E-state index in [1.807, 2.05) is 30.3 Å². The molecule has 1 unspecified atom stereocenters. The highest BCUT2D eigenvalue weighted by molar-refractivity contribution is 5.83. The second-order valence-electron chi connectivity index (χ2n) is 3.98. The van der Waals surface area contributed by atoms with E-state index in [1.165, 1.54) is 0 Å². The van der Waals surface area contributed by atoms with Crippen molar-refractivity contribution in [3.8, 4) is 0 Å². The number of oxime groups is 1. The molecule has 0 aromatic heterocycles. The van der Waals surface area contributed by atoms with Crippen molar-refractivity contribution < 1.29 is 10.0 Å². The van der Waals surface area contributed by atoms with Gasteiger partial charge in [-0.2, -0.15) is 0 Å². The van der Waals surface area contributed by atoms with Crippen LogP contribution in [0, 0.1) is 5.92 Å². The summed E-state index contributed by atoms with van der Waals surface area (Å²) in [6.07, 6.45) is 0.